The molecule has 3 nitrogen and oxygen atoms in total. The minimum atomic E-state index is -0.179. The highest BCUT2D eigenvalue weighted by atomic mass is 79.9. The lowest BCUT2D eigenvalue weighted by Gasteiger charge is -2.12. The van der Waals surface area contributed by atoms with Crippen LogP contribution < -0.4 is 10.1 Å². The third-order valence-electron chi connectivity index (χ3n) is 4.01. The Hall–Kier alpha value is -2.59. The molecule has 1 amide bonds. The molecule has 3 aromatic carbocycles. The molecule has 1 N–H and O–H groups in total. The Labute approximate surface area is 162 Å². The molecule has 0 atom stereocenters. The molecule has 3 aromatic rings. The maximum Gasteiger partial charge on any atom is 0.262 e. The second kappa shape index (κ2) is 8.68. The Morgan fingerprint density at radius 2 is 1.73 bits per heavy atom. The normalized spacial score (nSPS) is 10.4. The molecule has 0 aliphatic rings. The van der Waals surface area contributed by atoms with Gasteiger partial charge in [0.15, 0.2) is 6.61 Å². The second-order valence-corrected chi connectivity index (χ2v) is 6.93. The van der Waals surface area contributed by atoms with E-state index in [-0.39, 0.29) is 12.5 Å². The molecule has 0 radical (unpaired) electrons. The zero-order valence-electron chi connectivity index (χ0n) is 14.5. The largest absolute Gasteiger partial charge is 0.483 e. The van der Waals surface area contributed by atoms with Crippen molar-refractivity contribution < 1.29 is 9.53 Å². The van der Waals surface area contributed by atoms with Gasteiger partial charge < -0.3 is 10.1 Å². The smallest absolute Gasteiger partial charge is 0.262 e. The number of carbonyl (C=O) groups is 1. The van der Waals surface area contributed by atoms with E-state index in [0.717, 1.165) is 33.5 Å². The van der Waals surface area contributed by atoms with Crippen LogP contribution in [0.2, 0.25) is 0 Å². The molecule has 0 bridgehead atoms. The molecule has 0 saturated heterocycles. The van der Waals surface area contributed by atoms with Crippen LogP contribution in [-0.4, -0.2) is 12.5 Å². The Morgan fingerprint density at radius 1 is 1.00 bits per heavy atom. The number of halogens is 1. The quantitative estimate of drug-likeness (QED) is 0.594. The van der Waals surface area contributed by atoms with Gasteiger partial charge in [0.25, 0.3) is 5.91 Å². The fraction of sp³-hybridized carbons (Fsp3) is 0.136. The molecule has 132 valence electrons. The molecule has 3 rings (SSSR count). The van der Waals surface area contributed by atoms with Crippen molar-refractivity contribution in [2.75, 3.05) is 11.9 Å². The van der Waals surface area contributed by atoms with Gasteiger partial charge in [0.1, 0.15) is 5.75 Å². The van der Waals surface area contributed by atoms with Crippen LogP contribution in [-0.2, 0) is 11.2 Å². The van der Waals surface area contributed by atoms with Gasteiger partial charge in [-0.05, 0) is 47.9 Å². The second-order valence-electron chi connectivity index (χ2n) is 6.07. The molecule has 26 heavy (non-hydrogen) atoms. The zero-order chi connectivity index (χ0) is 18.4. The highest BCUT2D eigenvalue weighted by Gasteiger charge is 2.08. The van der Waals surface area contributed by atoms with E-state index in [1.807, 2.05) is 67.6 Å². The molecule has 0 fully saturated rings. The lowest BCUT2D eigenvalue weighted by atomic mass is 10.0. The highest BCUT2D eigenvalue weighted by Crippen LogP contribution is 2.22. The van der Waals surface area contributed by atoms with E-state index in [1.54, 1.807) is 0 Å². The monoisotopic (exact) mass is 409 g/mol. The van der Waals surface area contributed by atoms with E-state index in [9.17, 15) is 4.79 Å². The number of hydrogen-bond acceptors (Lipinski definition) is 2. The first-order chi connectivity index (χ1) is 12.6. The van der Waals surface area contributed by atoms with Gasteiger partial charge in [0.2, 0.25) is 0 Å². The van der Waals surface area contributed by atoms with Crippen LogP contribution in [0.15, 0.2) is 77.3 Å². The molecule has 4 heteroatoms. The molecule has 0 aliphatic carbocycles. The number of benzene rings is 3. The zero-order valence-corrected chi connectivity index (χ0v) is 16.1. The van der Waals surface area contributed by atoms with Gasteiger partial charge in [-0.1, -0.05) is 64.5 Å². The topological polar surface area (TPSA) is 38.3 Å². The Morgan fingerprint density at radius 3 is 2.50 bits per heavy atom. The molecular formula is C22H20BrNO2. The maximum atomic E-state index is 12.2. The summed E-state index contributed by atoms with van der Waals surface area (Å²) in [5.41, 5.74) is 4.10. The minimum absolute atomic E-state index is 0.0269. The van der Waals surface area contributed by atoms with Crippen molar-refractivity contribution in [2.24, 2.45) is 0 Å². The summed E-state index contributed by atoms with van der Waals surface area (Å²) in [5, 5.41) is 2.86. The van der Waals surface area contributed by atoms with Crippen molar-refractivity contribution in [3.05, 3.63) is 94.0 Å². The van der Waals surface area contributed by atoms with E-state index in [1.165, 1.54) is 5.56 Å². The fourth-order valence-electron chi connectivity index (χ4n) is 2.67. The standard InChI is InChI=1S/C22H20BrNO2/c1-16-13-19(11-12-20(16)23)24-22(25)15-26-21-10-6-5-9-18(21)14-17-7-3-2-4-8-17/h2-13H,14-15H2,1H3,(H,24,25). The van der Waals surface area contributed by atoms with Gasteiger partial charge in [-0.25, -0.2) is 0 Å². The van der Waals surface area contributed by atoms with Crippen molar-refractivity contribution in [1.82, 2.24) is 0 Å². The molecule has 0 aliphatic heterocycles. The Bertz CT molecular complexity index is 894. The average Bonchev–Trinajstić information content (AvgIpc) is 2.65. The minimum Gasteiger partial charge on any atom is -0.483 e. The number of rotatable bonds is 6. The van der Waals surface area contributed by atoms with Crippen LogP contribution in [0.25, 0.3) is 0 Å². The number of nitrogens with one attached hydrogen (secondary N) is 1. The summed E-state index contributed by atoms with van der Waals surface area (Å²) in [6.07, 6.45) is 0.768. The van der Waals surface area contributed by atoms with Gasteiger partial charge >= 0.3 is 0 Å². The van der Waals surface area contributed by atoms with Crippen molar-refractivity contribution in [3.8, 4) is 5.75 Å². The first-order valence-corrected chi connectivity index (χ1v) is 9.22. The predicted octanol–water partition coefficient (Wildman–Crippen LogP) is 5.37. The van der Waals surface area contributed by atoms with Crippen LogP contribution in [0, 0.1) is 6.92 Å². The van der Waals surface area contributed by atoms with Gasteiger partial charge in [0.05, 0.1) is 0 Å². The van der Waals surface area contributed by atoms with Crippen molar-refractivity contribution in [2.45, 2.75) is 13.3 Å². The Kier molecular flexibility index (Phi) is 6.08. The lowest BCUT2D eigenvalue weighted by Crippen LogP contribution is -2.20. The van der Waals surface area contributed by atoms with Crippen LogP contribution in [0.4, 0.5) is 5.69 Å². The van der Waals surface area contributed by atoms with Crippen LogP contribution in [0.5, 0.6) is 5.75 Å². The fourth-order valence-corrected chi connectivity index (χ4v) is 2.92. The van der Waals surface area contributed by atoms with E-state index < -0.39 is 0 Å². The number of anilines is 1. The number of para-hydroxylation sites is 1. The molecule has 0 heterocycles. The molecule has 0 unspecified atom stereocenters. The number of hydrogen-bond donors (Lipinski definition) is 1. The first-order valence-electron chi connectivity index (χ1n) is 8.42. The third kappa shape index (κ3) is 4.96. The molecular weight excluding hydrogens is 390 g/mol. The third-order valence-corrected chi connectivity index (χ3v) is 4.90. The van der Waals surface area contributed by atoms with Crippen molar-refractivity contribution in [1.29, 1.82) is 0 Å². The summed E-state index contributed by atoms with van der Waals surface area (Å²) in [4.78, 5) is 12.2. The van der Waals surface area contributed by atoms with Crippen LogP contribution in [0.1, 0.15) is 16.7 Å². The maximum absolute atomic E-state index is 12.2. The lowest BCUT2D eigenvalue weighted by molar-refractivity contribution is -0.118. The molecule has 0 spiro atoms. The van der Waals surface area contributed by atoms with E-state index in [0.29, 0.717) is 0 Å². The number of ether oxygens (including phenoxy) is 1. The van der Waals surface area contributed by atoms with E-state index in [4.69, 9.17) is 4.74 Å². The number of carbonyl (C=O) groups excluding carboxylic acids is 1. The van der Waals surface area contributed by atoms with Gasteiger partial charge in [-0.2, -0.15) is 0 Å². The average molecular weight is 410 g/mol. The van der Waals surface area contributed by atoms with Crippen LogP contribution in [0.3, 0.4) is 0 Å². The van der Waals surface area contributed by atoms with Gasteiger partial charge in [0, 0.05) is 16.6 Å². The van der Waals surface area contributed by atoms with E-state index in [2.05, 4.69) is 33.4 Å². The number of amides is 1. The highest BCUT2D eigenvalue weighted by molar-refractivity contribution is 9.10. The van der Waals surface area contributed by atoms with Gasteiger partial charge in [-0.3, -0.25) is 4.79 Å². The SMILES string of the molecule is Cc1cc(NC(=O)COc2ccccc2Cc2ccccc2)ccc1Br. The first kappa shape index (κ1) is 18.2. The van der Waals surface area contributed by atoms with E-state index >= 15 is 0 Å². The Balaban J connectivity index is 1.62. The summed E-state index contributed by atoms with van der Waals surface area (Å²) < 4.78 is 6.79. The summed E-state index contributed by atoms with van der Waals surface area (Å²) >= 11 is 3.45. The molecule has 0 aromatic heterocycles. The summed E-state index contributed by atoms with van der Waals surface area (Å²) in [6, 6.07) is 23.7. The summed E-state index contributed by atoms with van der Waals surface area (Å²) in [6.45, 7) is 1.96. The number of aryl methyl sites for hydroxylation is 1. The van der Waals surface area contributed by atoms with Crippen molar-refractivity contribution in [3.63, 3.8) is 0 Å². The summed E-state index contributed by atoms with van der Waals surface area (Å²) in [5.74, 6) is 0.555. The van der Waals surface area contributed by atoms with Crippen molar-refractivity contribution >= 4 is 27.5 Å². The van der Waals surface area contributed by atoms with Crippen LogP contribution >= 0.6 is 15.9 Å². The summed E-state index contributed by atoms with van der Waals surface area (Å²) in [7, 11) is 0. The van der Waals surface area contributed by atoms with Gasteiger partial charge in [-0.15, -0.1) is 0 Å². The predicted molar refractivity (Wildman–Crippen MR) is 109 cm³/mol. The molecule has 0 saturated carbocycles.